The van der Waals surface area contributed by atoms with Crippen molar-refractivity contribution in [2.24, 2.45) is 17.8 Å². The molecule has 0 unspecified atom stereocenters. The Hall–Kier alpha value is -1.71. The lowest BCUT2D eigenvalue weighted by atomic mass is 9.87. The van der Waals surface area contributed by atoms with Gasteiger partial charge in [-0.2, -0.15) is 0 Å². The Kier molecular flexibility index (Phi) is 4.61. The number of nitrogens with zero attached hydrogens (tertiary/aromatic N) is 1. The highest BCUT2D eigenvalue weighted by Gasteiger charge is 2.44. The van der Waals surface area contributed by atoms with Crippen molar-refractivity contribution in [1.82, 2.24) is 4.90 Å². The third kappa shape index (κ3) is 3.11. The van der Waals surface area contributed by atoms with Crippen LogP contribution in [0.5, 0.6) is 11.5 Å². The van der Waals surface area contributed by atoms with Gasteiger partial charge in [-0.25, -0.2) is 0 Å². The highest BCUT2D eigenvalue weighted by Crippen LogP contribution is 2.49. The lowest BCUT2D eigenvalue weighted by molar-refractivity contribution is -0.138. The van der Waals surface area contributed by atoms with Gasteiger partial charge >= 0.3 is 0 Å². The van der Waals surface area contributed by atoms with E-state index in [-0.39, 0.29) is 5.92 Å². The average Bonchev–Trinajstić information content (AvgIpc) is 3.25. The van der Waals surface area contributed by atoms with E-state index < -0.39 is 0 Å². The zero-order valence-electron chi connectivity index (χ0n) is 15.4. The number of hydrogen-bond acceptors (Lipinski definition) is 3. The quantitative estimate of drug-likeness (QED) is 0.816. The van der Waals surface area contributed by atoms with Crippen LogP contribution < -0.4 is 9.47 Å². The third-order valence-electron chi connectivity index (χ3n) is 6.24. The molecule has 4 nitrogen and oxygen atoms in total. The lowest BCUT2D eigenvalue weighted by Crippen LogP contribution is -2.41. The van der Waals surface area contributed by atoms with Crippen LogP contribution in [0.4, 0.5) is 0 Å². The first kappa shape index (κ1) is 16.7. The Bertz CT molecular complexity index is 657. The molecule has 1 aromatic rings. The van der Waals surface area contributed by atoms with Crippen LogP contribution in [0.2, 0.25) is 0 Å². The van der Waals surface area contributed by atoms with E-state index in [0.29, 0.717) is 31.6 Å². The number of benzene rings is 1. The summed E-state index contributed by atoms with van der Waals surface area (Å²) in [5.74, 6) is 3.78. The molecule has 0 spiro atoms. The second-order valence-electron chi connectivity index (χ2n) is 7.72. The van der Waals surface area contributed by atoms with Crippen molar-refractivity contribution < 1.29 is 14.3 Å². The second kappa shape index (κ2) is 6.89. The van der Waals surface area contributed by atoms with Gasteiger partial charge in [0.05, 0.1) is 13.2 Å². The molecule has 3 atom stereocenters. The highest BCUT2D eigenvalue weighted by atomic mass is 16.5. The monoisotopic (exact) mass is 343 g/mol. The van der Waals surface area contributed by atoms with E-state index in [1.807, 2.05) is 13.8 Å². The fourth-order valence-electron chi connectivity index (χ4n) is 5.07. The van der Waals surface area contributed by atoms with Crippen LogP contribution in [0.15, 0.2) is 12.1 Å². The standard InChI is InChI=1S/C21H29NO3/c1-3-24-19-11-15-7-8-22(13-17(15)12-20(19)25-4-2)21(23)18-10-14-5-6-16(18)9-14/h11-12,14,16,18H,3-10,13H2,1-2H3/t14-,16-,18-/m0/s1. The molecule has 1 heterocycles. The first-order valence-electron chi connectivity index (χ1n) is 9.89. The molecule has 0 radical (unpaired) electrons. The first-order valence-corrected chi connectivity index (χ1v) is 9.89. The normalized spacial score (nSPS) is 27.3. The van der Waals surface area contributed by atoms with Gasteiger partial charge in [-0.3, -0.25) is 4.79 Å². The molecule has 0 aromatic heterocycles. The van der Waals surface area contributed by atoms with Gasteiger partial charge in [0.1, 0.15) is 0 Å². The van der Waals surface area contributed by atoms with E-state index >= 15 is 0 Å². The van der Waals surface area contributed by atoms with Crippen LogP contribution in [-0.2, 0) is 17.8 Å². The molecule has 136 valence electrons. The van der Waals surface area contributed by atoms with Crippen molar-refractivity contribution in [2.75, 3.05) is 19.8 Å². The topological polar surface area (TPSA) is 38.8 Å². The number of fused-ring (bicyclic) bond motifs is 3. The predicted molar refractivity (Wildman–Crippen MR) is 96.8 cm³/mol. The molecule has 2 aliphatic carbocycles. The summed E-state index contributed by atoms with van der Waals surface area (Å²) in [6.45, 7) is 6.78. The van der Waals surface area contributed by atoms with Crippen LogP contribution >= 0.6 is 0 Å². The predicted octanol–water partition coefficient (Wildman–Crippen LogP) is 3.80. The van der Waals surface area contributed by atoms with Crippen molar-refractivity contribution in [2.45, 2.75) is 52.5 Å². The van der Waals surface area contributed by atoms with Gasteiger partial charge in [-0.1, -0.05) is 6.42 Å². The largest absolute Gasteiger partial charge is 0.490 e. The summed E-state index contributed by atoms with van der Waals surface area (Å²) in [5.41, 5.74) is 2.51. The Balaban J connectivity index is 1.52. The zero-order chi connectivity index (χ0) is 17.4. The Morgan fingerprint density at radius 2 is 1.80 bits per heavy atom. The third-order valence-corrected chi connectivity index (χ3v) is 6.24. The maximum absolute atomic E-state index is 13.1. The molecular weight excluding hydrogens is 314 g/mol. The fraction of sp³-hybridized carbons (Fsp3) is 0.667. The summed E-state index contributed by atoms with van der Waals surface area (Å²) in [5, 5.41) is 0. The maximum Gasteiger partial charge on any atom is 0.226 e. The molecule has 0 saturated heterocycles. The summed E-state index contributed by atoms with van der Waals surface area (Å²) in [6, 6.07) is 4.20. The molecule has 2 saturated carbocycles. The van der Waals surface area contributed by atoms with Gasteiger partial charge in [0, 0.05) is 19.0 Å². The van der Waals surface area contributed by atoms with Gasteiger partial charge < -0.3 is 14.4 Å². The van der Waals surface area contributed by atoms with E-state index in [9.17, 15) is 4.79 Å². The van der Waals surface area contributed by atoms with Crippen molar-refractivity contribution >= 4 is 5.91 Å². The summed E-state index contributed by atoms with van der Waals surface area (Å²) >= 11 is 0. The van der Waals surface area contributed by atoms with Gasteiger partial charge in [0.25, 0.3) is 0 Å². The van der Waals surface area contributed by atoms with Crippen LogP contribution in [-0.4, -0.2) is 30.6 Å². The summed E-state index contributed by atoms with van der Waals surface area (Å²) in [6.07, 6.45) is 5.93. The molecule has 4 heteroatoms. The van der Waals surface area contributed by atoms with E-state index in [1.165, 1.54) is 30.4 Å². The summed E-state index contributed by atoms with van der Waals surface area (Å²) < 4.78 is 11.5. The van der Waals surface area contributed by atoms with Crippen LogP contribution in [0.1, 0.15) is 50.7 Å². The average molecular weight is 343 g/mol. The van der Waals surface area contributed by atoms with E-state index in [4.69, 9.17) is 9.47 Å². The first-order chi connectivity index (χ1) is 12.2. The zero-order valence-corrected chi connectivity index (χ0v) is 15.4. The molecule has 25 heavy (non-hydrogen) atoms. The number of ether oxygens (including phenoxy) is 2. The van der Waals surface area contributed by atoms with Crippen LogP contribution in [0.3, 0.4) is 0 Å². The van der Waals surface area contributed by atoms with Gasteiger partial charge in [0.15, 0.2) is 11.5 Å². The van der Waals surface area contributed by atoms with Crippen molar-refractivity contribution in [3.63, 3.8) is 0 Å². The molecule has 1 aromatic carbocycles. The highest BCUT2D eigenvalue weighted by molar-refractivity contribution is 5.80. The molecule has 1 amide bonds. The van der Waals surface area contributed by atoms with Crippen molar-refractivity contribution in [3.05, 3.63) is 23.3 Å². The fourth-order valence-corrected chi connectivity index (χ4v) is 5.07. The van der Waals surface area contributed by atoms with E-state index in [1.54, 1.807) is 0 Å². The smallest absolute Gasteiger partial charge is 0.226 e. The SMILES string of the molecule is CCOc1cc2c(cc1OCC)CN(C(=O)[C@H]1C[C@H]3CC[C@H]1C3)CC2. The van der Waals surface area contributed by atoms with Crippen LogP contribution in [0.25, 0.3) is 0 Å². The minimum atomic E-state index is 0.286. The Labute approximate surface area is 150 Å². The molecule has 1 aliphatic heterocycles. The summed E-state index contributed by atoms with van der Waals surface area (Å²) in [4.78, 5) is 15.1. The minimum absolute atomic E-state index is 0.286. The molecule has 2 fully saturated rings. The molecule has 3 aliphatic rings. The number of amides is 1. The molecular formula is C21H29NO3. The maximum atomic E-state index is 13.1. The van der Waals surface area contributed by atoms with Gasteiger partial charge in [-0.15, -0.1) is 0 Å². The minimum Gasteiger partial charge on any atom is -0.490 e. The van der Waals surface area contributed by atoms with Gasteiger partial charge in [-0.05, 0) is 74.6 Å². The number of carbonyl (C=O) groups excluding carboxylic acids is 1. The van der Waals surface area contributed by atoms with Crippen molar-refractivity contribution in [3.8, 4) is 11.5 Å². The van der Waals surface area contributed by atoms with E-state index in [0.717, 1.165) is 36.8 Å². The number of rotatable bonds is 5. The van der Waals surface area contributed by atoms with Crippen LogP contribution in [0, 0.1) is 17.8 Å². The van der Waals surface area contributed by atoms with Gasteiger partial charge in [0.2, 0.25) is 5.91 Å². The van der Waals surface area contributed by atoms with Crippen molar-refractivity contribution in [1.29, 1.82) is 0 Å². The summed E-state index contributed by atoms with van der Waals surface area (Å²) in [7, 11) is 0. The molecule has 4 rings (SSSR count). The molecule has 2 bridgehead atoms. The van der Waals surface area contributed by atoms with E-state index in [2.05, 4.69) is 17.0 Å². The lowest BCUT2D eigenvalue weighted by Gasteiger charge is -2.33. The molecule has 0 N–H and O–H groups in total. The Morgan fingerprint density at radius 1 is 1.08 bits per heavy atom. The Morgan fingerprint density at radius 3 is 2.40 bits per heavy atom. The number of carbonyl (C=O) groups is 1. The number of hydrogen-bond donors (Lipinski definition) is 0. The second-order valence-corrected chi connectivity index (χ2v) is 7.72.